The van der Waals surface area contributed by atoms with Crippen LogP contribution in [0.1, 0.15) is 42.6 Å². The van der Waals surface area contributed by atoms with Crippen molar-refractivity contribution in [3.05, 3.63) is 54.4 Å². The molecular formula is C21H21N5O2S. The van der Waals surface area contributed by atoms with Crippen LogP contribution in [0.3, 0.4) is 0 Å². The molecule has 0 spiro atoms. The largest absolute Gasteiger partial charge is 0.326 e. The summed E-state index contributed by atoms with van der Waals surface area (Å²) in [6, 6.07) is 11.2. The molecule has 0 radical (unpaired) electrons. The molecular weight excluding hydrogens is 386 g/mol. The average molecular weight is 407 g/mol. The Morgan fingerprint density at radius 1 is 1.10 bits per heavy atom. The molecule has 8 heteroatoms. The maximum Gasteiger partial charge on any atom is 0.224 e. The minimum Gasteiger partial charge on any atom is -0.326 e. The van der Waals surface area contributed by atoms with Gasteiger partial charge in [0.2, 0.25) is 5.91 Å². The number of hydrogen-bond acceptors (Lipinski definition) is 6. The van der Waals surface area contributed by atoms with Crippen molar-refractivity contribution >= 4 is 29.1 Å². The van der Waals surface area contributed by atoms with Gasteiger partial charge >= 0.3 is 0 Å². The number of pyridine rings is 1. The van der Waals surface area contributed by atoms with Gasteiger partial charge in [-0.15, -0.1) is 10.2 Å². The Hall–Kier alpha value is -3.00. The van der Waals surface area contributed by atoms with Crippen LogP contribution >= 0.6 is 11.8 Å². The van der Waals surface area contributed by atoms with Gasteiger partial charge in [-0.2, -0.15) is 0 Å². The number of thioether (sulfide) groups is 1. The second-order valence-corrected chi connectivity index (χ2v) is 7.78. The number of rotatable bonds is 8. The first-order valence-electron chi connectivity index (χ1n) is 9.57. The highest BCUT2D eigenvalue weighted by atomic mass is 32.2. The Balaban J connectivity index is 1.45. The van der Waals surface area contributed by atoms with Gasteiger partial charge < -0.3 is 5.32 Å². The molecule has 0 bridgehead atoms. The molecule has 3 aromatic rings. The number of ketones is 1. The Kier molecular flexibility index (Phi) is 5.71. The molecule has 1 fully saturated rings. The summed E-state index contributed by atoms with van der Waals surface area (Å²) in [5.74, 6) is 1.06. The highest BCUT2D eigenvalue weighted by molar-refractivity contribution is 7.99. The van der Waals surface area contributed by atoms with Crippen molar-refractivity contribution in [3.8, 4) is 11.4 Å². The van der Waals surface area contributed by atoms with Crippen molar-refractivity contribution in [2.75, 3.05) is 11.1 Å². The number of hydrogen-bond donors (Lipinski definition) is 1. The molecule has 2 heterocycles. The van der Waals surface area contributed by atoms with Crippen molar-refractivity contribution in [1.82, 2.24) is 19.7 Å². The van der Waals surface area contributed by atoms with Crippen LogP contribution in [-0.2, 0) is 4.79 Å². The molecule has 29 heavy (non-hydrogen) atoms. The number of carbonyl (C=O) groups excluding carboxylic acids is 2. The van der Waals surface area contributed by atoms with Crippen LogP contribution in [0.5, 0.6) is 0 Å². The summed E-state index contributed by atoms with van der Waals surface area (Å²) in [6.45, 7) is 1.80. The van der Waals surface area contributed by atoms with E-state index in [-0.39, 0.29) is 17.4 Å². The highest BCUT2D eigenvalue weighted by Gasteiger charge is 2.30. The minimum atomic E-state index is -0.0518. The van der Waals surface area contributed by atoms with Crippen molar-refractivity contribution in [1.29, 1.82) is 0 Å². The monoisotopic (exact) mass is 407 g/mol. The van der Waals surface area contributed by atoms with E-state index in [1.54, 1.807) is 43.6 Å². The van der Waals surface area contributed by atoms with E-state index in [1.807, 2.05) is 12.1 Å². The summed E-state index contributed by atoms with van der Waals surface area (Å²) in [4.78, 5) is 28.1. The molecule has 1 aliphatic rings. The third-order valence-corrected chi connectivity index (χ3v) is 5.60. The van der Waals surface area contributed by atoms with Crippen LogP contribution in [0.15, 0.2) is 53.9 Å². The number of amides is 1. The van der Waals surface area contributed by atoms with Crippen LogP contribution in [-0.4, -0.2) is 37.2 Å². The van der Waals surface area contributed by atoms with Gasteiger partial charge in [-0.3, -0.25) is 19.1 Å². The van der Waals surface area contributed by atoms with Gasteiger partial charge in [0.25, 0.3) is 0 Å². The second-order valence-electron chi connectivity index (χ2n) is 6.83. The van der Waals surface area contributed by atoms with E-state index in [2.05, 4.69) is 25.1 Å². The Morgan fingerprint density at radius 2 is 1.83 bits per heavy atom. The number of nitrogens with one attached hydrogen (secondary N) is 1. The van der Waals surface area contributed by atoms with Crippen LogP contribution in [0, 0.1) is 0 Å². The third-order valence-electron chi connectivity index (χ3n) is 4.66. The van der Waals surface area contributed by atoms with Crippen molar-refractivity contribution in [3.63, 3.8) is 0 Å². The Labute approximate surface area is 173 Å². The first kappa shape index (κ1) is 19.3. The van der Waals surface area contributed by atoms with Gasteiger partial charge in [-0.25, -0.2) is 0 Å². The van der Waals surface area contributed by atoms with E-state index in [0.717, 1.165) is 29.4 Å². The summed E-state index contributed by atoms with van der Waals surface area (Å²) in [6.07, 6.45) is 6.10. The fraction of sp³-hybridized carbons (Fsp3) is 0.286. The van der Waals surface area contributed by atoms with Crippen molar-refractivity contribution in [2.45, 2.75) is 37.4 Å². The molecule has 7 nitrogen and oxygen atoms in total. The topological polar surface area (TPSA) is 89.8 Å². The summed E-state index contributed by atoms with van der Waals surface area (Å²) in [5, 5.41) is 12.2. The molecule has 0 aliphatic heterocycles. The van der Waals surface area contributed by atoms with E-state index in [9.17, 15) is 9.59 Å². The lowest BCUT2D eigenvalue weighted by Gasteiger charge is -2.09. The normalized spacial score (nSPS) is 13.3. The molecule has 148 valence electrons. The fourth-order valence-electron chi connectivity index (χ4n) is 2.94. The maximum atomic E-state index is 12.6. The van der Waals surface area contributed by atoms with Gasteiger partial charge in [-0.1, -0.05) is 18.7 Å². The average Bonchev–Trinajstić information content (AvgIpc) is 3.51. The van der Waals surface area contributed by atoms with E-state index < -0.39 is 0 Å². The lowest BCUT2D eigenvalue weighted by Crippen LogP contribution is -2.10. The van der Waals surface area contributed by atoms with E-state index in [0.29, 0.717) is 23.7 Å². The van der Waals surface area contributed by atoms with E-state index >= 15 is 0 Å². The number of anilines is 1. The van der Waals surface area contributed by atoms with Gasteiger partial charge in [0.15, 0.2) is 16.8 Å². The first-order chi connectivity index (χ1) is 14.2. The number of carbonyl (C=O) groups is 2. The number of aromatic nitrogens is 4. The maximum absolute atomic E-state index is 12.6. The Morgan fingerprint density at radius 3 is 2.48 bits per heavy atom. The standard InChI is InChI=1S/C21H21N5O2S/c1-2-19(28)23-16-5-3-14(4-6-16)18(27)13-29-21-25-24-20(26(21)17-7-8-17)15-9-11-22-12-10-15/h3-6,9-12,17H,2,7-8,13H2,1H3,(H,23,28). The van der Waals surface area contributed by atoms with E-state index in [4.69, 9.17) is 0 Å². The first-order valence-corrected chi connectivity index (χ1v) is 10.6. The summed E-state index contributed by atoms with van der Waals surface area (Å²) >= 11 is 1.41. The lowest BCUT2D eigenvalue weighted by atomic mass is 10.1. The fourth-order valence-corrected chi connectivity index (χ4v) is 3.84. The molecule has 1 N–H and O–H groups in total. The molecule has 1 amide bonds. The van der Waals surface area contributed by atoms with Crippen LogP contribution in [0.2, 0.25) is 0 Å². The van der Waals surface area contributed by atoms with Crippen LogP contribution < -0.4 is 5.32 Å². The number of nitrogens with zero attached hydrogens (tertiary/aromatic N) is 4. The third kappa shape index (κ3) is 4.54. The van der Waals surface area contributed by atoms with Crippen molar-refractivity contribution < 1.29 is 9.59 Å². The van der Waals surface area contributed by atoms with E-state index in [1.165, 1.54) is 11.8 Å². The SMILES string of the molecule is CCC(=O)Nc1ccc(C(=O)CSc2nnc(-c3ccncc3)n2C2CC2)cc1. The highest BCUT2D eigenvalue weighted by Crippen LogP contribution is 2.41. The number of Topliss-reactive ketones (excluding diaryl/α,β-unsaturated/α-hetero) is 1. The lowest BCUT2D eigenvalue weighted by molar-refractivity contribution is -0.115. The number of benzene rings is 1. The molecule has 1 aromatic carbocycles. The Bertz CT molecular complexity index is 1010. The van der Waals surface area contributed by atoms with Crippen LogP contribution in [0.4, 0.5) is 5.69 Å². The minimum absolute atomic E-state index is 0.0131. The molecule has 1 aliphatic carbocycles. The summed E-state index contributed by atoms with van der Waals surface area (Å²) in [7, 11) is 0. The quantitative estimate of drug-likeness (QED) is 0.448. The zero-order valence-electron chi connectivity index (χ0n) is 16.0. The zero-order valence-corrected chi connectivity index (χ0v) is 16.9. The molecule has 0 unspecified atom stereocenters. The van der Waals surface area contributed by atoms with Gasteiger partial charge in [0, 0.05) is 41.7 Å². The zero-order chi connectivity index (χ0) is 20.2. The van der Waals surface area contributed by atoms with Gasteiger partial charge in [0.05, 0.1) is 5.75 Å². The molecule has 4 rings (SSSR count). The van der Waals surface area contributed by atoms with Gasteiger partial charge in [-0.05, 0) is 49.2 Å². The predicted octanol–water partition coefficient (Wildman–Crippen LogP) is 4.00. The molecule has 0 atom stereocenters. The summed E-state index contributed by atoms with van der Waals surface area (Å²) < 4.78 is 2.14. The second kappa shape index (κ2) is 8.57. The van der Waals surface area contributed by atoms with Gasteiger partial charge in [0.1, 0.15) is 0 Å². The smallest absolute Gasteiger partial charge is 0.224 e. The predicted molar refractivity (Wildman–Crippen MR) is 112 cm³/mol. The molecule has 2 aromatic heterocycles. The summed E-state index contributed by atoms with van der Waals surface area (Å²) in [5.41, 5.74) is 2.28. The van der Waals surface area contributed by atoms with Crippen molar-refractivity contribution in [2.24, 2.45) is 0 Å². The molecule has 1 saturated carbocycles. The van der Waals surface area contributed by atoms with Crippen LogP contribution in [0.25, 0.3) is 11.4 Å². The molecule has 0 saturated heterocycles.